The summed E-state index contributed by atoms with van der Waals surface area (Å²) in [4.78, 5) is 13.0. The highest BCUT2D eigenvalue weighted by Crippen LogP contribution is 2.27. The largest absolute Gasteiger partial charge is 0.396 e. The van der Waals surface area contributed by atoms with Gasteiger partial charge in [0.1, 0.15) is 0 Å². The van der Waals surface area contributed by atoms with E-state index >= 15 is 0 Å². The minimum Gasteiger partial charge on any atom is -0.396 e. The van der Waals surface area contributed by atoms with Gasteiger partial charge in [0, 0.05) is 6.61 Å². The molecular weight excluding hydrogens is 312 g/mol. The Morgan fingerprint density at radius 1 is 1.20 bits per heavy atom. The van der Waals surface area contributed by atoms with Crippen molar-refractivity contribution in [2.45, 2.75) is 38.1 Å². The molecule has 1 amide bonds. The molecule has 1 unspecified atom stereocenters. The van der Waals surface area contributed by atoms with E-state index in [-0.39, 0.29) is 18.6 Å². The van der Waals surface area contributed by atoms with Crippen LogP contribution in [0.3, 0.4) is 0 Å². The Kier molecular flexibility index (Phi) is 6.32. The molecule has 130 valence electrons. The third kappa shape index (κ3) is 4.68. The molecule has 1 atom stereocenters. The Hall–Kier alpha value is -2.64. The summed E-state index contributed by atoms with van der Waals surface area (Å²) in [6.45, 7) is 3.80. The summed E-state index contributed by atoms with van der Waals surface area (Å²) in [7, 11) is 0. The van der Waals surface area contributed by atoms with Crippen molar-refractivity contribution in [1.29, 1.82) is 5.26 Å². The van der Waals surface area contributed by atoms with Crippen molar-refractivity contribution in [1.82, 2.24) is 5.32 Å². The lowest BCUT2D eigenvalue weighted by Gasteiger charge is -2.28. The molecule has 25 heavy (non-hydrogen) atoms. The molecule has 0 aliphatic carbocycles. The molecule has 0 aliphatic rings. The average molecular weight is 336 g/mol. The van der Waals surface area contributed by atoms with Crippen LogP contribution in [0, 0.1) is 11.3 Å². The van der Waals surface area contributed by atoms with E-state index in [1.165, 1.54) is 0 Å². The van der Waals surface area contributed by atoms with E-state index in [1.807, 2.05) is 50.2 Å². The van der Waals surface area contributed by atoms with Crippen LogP contribution in [0.4, 0.5) is 0 Å². The molecule has 0 spiro atoms. The van der Waals surface area contributed by atoms with Crippen LogP contribution >= 0.6 is 0 Å². The summed E-state index contributed by atoms with van der Waals surface area (Å²) in [5.74, 6) is -0.102. The normalized spacial score (nSPS) is 12.2. The van der Waals surface area contributed by atoms with Gasteiger partial charge < -0.3 is 10.4 Å². The van der Waals surface area contributed by atoms with E-state index in [9.17, 15) is 4.79 Å². The van der Waals surface area contributed by atoms with Crippen LogP contribution in [0.1, 0.15) is 49.4 Å². The fourth-order valence-electron chi connectivity index (χ4n) is 2.75. The topological polar surface area (TPSA) is 73.1 Å². The van der Waals surface area contributed by atoms with Crippen LogP contribution in [0.25, 0.3) is 0 Å². The molecule has 4 nitrogen and oxygen atoms in total. The highest BCUT2D eigenvalue weighted by atomic mass is 16.3. The number of rotatable bonds is 7. The van der Waals surface area contributed by atoms with E-state index in [1.54, 1.807) is 18.2 Å². The summed E-state index contributed by atoms with van der Waals surface area (Å²) in [5.41, 5.74) is 1.60. The molecule has 2 aromatic rings. The summed E-state index contributed by atoms with van der Waals surface area (Å²) in [5, 5.41) is 21.3. The smallest absolute Gasteiger partial charge is 0.230 e. The van der Waals surface area contributed by atoms with Gasteiger partial charge in [0.25, 0.3) is 0 Å². The number of amides is 1. The van der Waals surface area contributed by atoms with Crippen molar-refractivity contribution in [2.75, 3.05) is 6.61 Å². The second-order valence-electron chi connectivity index (χ2n) is 6.62. The minimum absolute atomic E-state index is 0.0901. The lowest BCUT2D eigenvalue weighted by molar-refractivity contribution is -0.126. The first-order valence-electron chi connectivity index (χ1n) is 8.46. The van der Waals surface area contributed by atoms with Gasteiger partial charge in [0.15, 0.2) is 0 Å². The maximum atomic E-state index is 13.0. The Balaban J connectivity index is 2.22. The first kappa shape index (κ1) is 18.7. The van der Waals surface area contributed by atoms with Crippen LogP contribution in [-0.4, -0.2) is 17.6 Å². The molecule has 4 heteroatoms. The first-order valence-corrected chi connectivity index (χ1v) is 8.46. The Bertz CT molecular complexity index is 748. The summed E-state index contributed by atoms with van der Waals surface area (Å²) in [6, 6.07) is 18.9. The number of nitrogens with zero attached hydrogens (tertiary/aromatic N) is 1. The van der Waals surface area contributed by atoms with Gasteiger partial charge in [-0.25, -0.2) is 0 Å². The van der Waals surface area contributed by atoms with Gasteiger partial charge in [-0.3, -0.25) is 4.79 Å². The zero-order chi connectivity index (χ0) is 18.3. The van der Waals surface area contributed by atoms with Gasteiger partial charge in [-0.15, -0.1) is 0 Å². The van der Waals surface area contributed by atoms with Gasteiger partial charge in [0.2, 0.25) is 5.91 Å². The molecule has 0 aliphatic heterocycles. The van der Waals surface area contributed by atoms with E-state index < -0.39 is 5.41 Å². The number of benzene rings is 2. The van der Waals surface area contributed by atoms with Gasteiger partial charge >= 0.3 is 0 Å². The Morgan fingerprint density at radius 2 is 1.92 bits per heavy atom. The van der Waals surface area contributed by atoms with Crippen LogP contribution in [0.5, 0.6) is 0 Å². The summed E-state index contributed by atoms with van der Waals surface area (Å²) in [6.07, 6.45) is 1.28. The van der Waals surface area contributed by atoms with Crippen LogP contribution in [0.2, 0.25) is 0 Å². The third-order valence-corrected chi connectivity index (χ3v) is 4.44. The predicted molar refractivity (Wildman–Crippen MR) is 97.8 cm³/mol. The van der Waals surface area contributed by atoms with Crippen molar-refractivity contribution >= 4 is 5.91 Å². The highest BCUT2D eigenvalue weighted by molar-refractivity contribution is 5.87. The molecule has 0 saturated heterocycles. The Morgan fingerprint density at radius 3 is 2.56 bits per heavy atom. The van der Waals surface area contributed by atoms with Crippen LogP contribution < -0.4 is 5.32 Å². The molecule has 0 fully saturated rings. The number of carbonyl (C=O) groups is 1. The maximum absolute atomic E-state index is 13.0. The fourth-order valence-corrected chi connectivity index (χ4v) is 2.75. The van der Waals surface area contributed by atoms with Crippen molar-refractivity contribution < 1.29 is 9.90 Å². The Labute approximate surface area is 149 Å². The fraction of sp³-hybridized carbons (Fsp3) is 0.333. The molecule has 2 N–H and O–H groups in total. The van der Waals surface area contributed by atoms with Gasteiger partial charge in [-0.1, -0.05) is 42.5 Å². The number of hydrogen-bond donors (Lipinski definition) is 2. The zero-order valence-electron chi connectivity index (χ0n) is 14.7. The zero-order valence-corrected chi connectivity index (χ0v) is 14.7. The van der Waals surface area contributed by atoms with E-state index in [2.05, 4.69) is 11.4 Å². The minimum atomic E-state index is -0.765. The number of carbonyl (C=O) groups excluding carboxylic acids is 1. The molecule has 2 rings (SSSR count). The standard InChI is InChI=1S/C21H24N2O2/c1-21(2,18-11-6-8-16(14-18)15-22)20(25)23-19(12-7-13-24)17-9-4-3-5-10-17/h3-6,8-11,14,19,24H,7,12-13H2,1-2H3,(H,23,25). The average Bonchev–Trinajstić information content (AvgIpc) is 2.65. The molecule has 0 saturated carbocycles. The summed E-state index contributed by atoms with van der Waals surface area (Å²) >= 11 is 0. The summed E-state index contributed by atoms with van der Waals surface area (Å²) < 4.78 is 0. The van der Waals surface area contributed by atoms with Crippen molar-refractivity contribution in [3.05, 3.63) is 71.3 Å². The molecule has 0 radical (unpaired) electrons. The predicted octanol–water partition coefficient (Wildman–Crippen LogP) is 3.47. The SMILES string of the molecule is CC(C)(C(=O)NC(CCCO)c1ccccc1)c1cccc(C#N)c1. The van der Waals surface area contributed by atoms with E-state index in [0.29, 0.717) is 18.4 Å². The number of nitriles is 1. The number of aliphatic hydroxyl groups is 1. The quantitative estimate of drug-likeness (QED) is 0.813. The molecule has 2 aromatic carbocycles. The van der Waals surface area contributed by atoms with Crippen LogP contribution in [0.15, 0.2) is 54.6 Å². The van der Waals surface area contributed by atoms with Crippen molar-refractivity contribution in [3.8, 4) is 6.07 Å². The van der Waals surface area contributed by atoms with Gasteiger partial charge in [0.05, 0.1) is 23.1 Å². The number of nitrogens with one attached hydrogen (secondary N) is 1. The highest BCUT2D eigenvalue weighted by Gasteiger charge is 2.31. The van der Waals surface area contributed by atoms with E-state index in [4.69, 9.17) is 10.4 Å². The molecule has 0 heterocycles. The lowest BCUT2D eigenvalue weighted by atomic mass is 9.82. The maximum Gasteiger partial charge on any atom is 0.230 e. The first-order chi connectivity index (χ1) is 12.0. The van der Waals surface area contributed by atoms with Gasteiger partial charge in [-0.05, 0) is 49.9 Å². The van der Waals surface area contributed by atoms with E-state index in [0.717, 1.165) is 11.1 Å². The number of aliphatic hydroxyl groups excluding tert-OH is 1. The second kappa shape index (κ2) is 8.46. The van der Waals surface area contributed by atoms with Crippen molar-refractivity contribution in [2.24, 2.45) is 0 Å². The number of hydrogen-bond acceptors (Lipinski definition) is 3. The molecule has 0 aromatic heterocycles. The third-order valence-electron chi connectivity index (χ3n) is 4.44. The lowest BCUT2D eigenvalue weighted by Crippen LogP contribution is -2.42. The second-order valence-corrected chi connectivity index (χ2v) is 6.62. The van der Waals surface area contributed by atoms with Gasteiger partial charge in [-0.2, -0.15) is 5.26 Å². The molecular formula is C21H24N2O2. The van der Waals surface area contributed by atoms with Crippen LogP contribution in [-0.2, 0) is 10.2 Å². The monoisotopic (exact) mass is 336 g/mol. The van der Waals surface area contributed by atoms with Crippen molar-refractivity contribution in [3.63, 3.8) is 0 Å². The molecule has 0 bridgehead atoms.